The van der Waals surface area contributed by atoms with Crippen LogP contribution in [0.25, 0.3) is 0 Å². The lowest BCUT2D eigenvalue weighted by atomic mass is 10.2. The molecule has 0 radical (unpaired) electrons. The number of hydrogen-bond donors (Lipinski definition) is 2. The van der Waals surface area contributed by atoms with E-state index in [0.29, 0.717) is 36.8 Å². The van der Waals surface area contributed by atoms with Crippen LogP contribution in [0.15, 0.2) is 22.7 Å². The van der Waals surface area contributed by atoms with E-state index in [0.717, 1.165) is 0 Å². The minimum absolute atomic E-state index is 0.305. The van der Waals surface area contributed by atoms with Crippen LogP contribution in [0.5, 0.6) is 5.75 Å². The first-order valence-corrected chi connectivity index (χ1v) is 5.63. The number of aromatic hydroxyl groups is 1. The van der Waals surface area contributed by atoms with Crippen LogP contribution in [0.2, 0.25) is 0 Å². The number of rotatable bonds is 5. The predicted molar refractivity (Wildman–Crippen MR) is 62.5 cm³/mol. The molecule has 18 heavy (non-hydrogen) atoms. The molecule has 2 aromatic rings. The van der Waals surface area contributed by atoms with E-state index < -0.39 is 5.82 Å². The van der Waals surface area contributed by atoms with Crippen molar-refractivity contribution in [1.82, 2.24) is 15.5 Å². The number of aromatic nitrogens is 2. The van der Waals surface area contributed by atoms with E-state index in [9.17, 15) is 9.50 Å². The van der Waals surface area contributed by atoms with Crippen LogP contribution in [-0.4, -0.2) is 21.8 Å². The van der Waals surface area contributed by atoms with Crippen molar-refractivity contribution in [2.45, 2.75) is 19.9 Å². The Kier molecular flexibility index (Phi) is 3.88. The van der Waals surface area contributed by atoms with Gasteiger partial charge in [0.1, 0.15) is 0 Å². The maximum atomic E-state index is 13.0. The Morgan fingerprint density at radius 2 is 2.28 bits per heavy atom. The van der Waals surface area contributed by atoms with E-state index in [1.165, 1.54) is 6.07 Å². The van der Waals surface area contributed by atoms with Gasteiger partial charge in [-0.25, -0.2) is 4.39 Å². The van der Waals surface area contributed by atoms with Gasteiger partial charge in [-0.15, -0.1) is 0 Å². The van der Waals surface area contributed by atoms with Gasteiger partial charge in [0.05, 0.1) is 0 Å². The molecule has 0 aliphatic rings. The quantitative estimate of drug-likeness (QED) is 0.789. The molecule has 1 heterocycles. The monoisotopic (exact) mass is 251 g/mol. The van der Waals surface area contributed by atoms with Crippen LogP contribution in [-0.2, 0) is 13.0 Å². The lowest BCUT2D eigenvalue weighted by molar-refractivity contribution is 0.386. The number of nitrogens with one attached hydrogen (secondary N) is 1. The Labute approximate surface area is 104 Å². The van der Waals surface area contributed by atoms with E-state index in [2.05, 4.69) is 15.5 Å². The van der Waals surface area contributed by atoms with Gasteiger partial charge in [-0.3, -0.25) is 0 Å². The molecular weight excluding hydrogens is 237 g/mol. The lowest BCUT2D eigenvalue weighted by Crippen LogP contribution is -2.17. The van der Waals surface area contributed by atoms with Crippen molar-refractivity contribution in [3.8, 4) is 5.75 Å². The van der Waals surface area contributed by atoms with Gasteiger partial charge in [0, 0.05) is 32.0 Å². The molecule has 0 fully saturated rings. The first kappa shape index (κ1) is 12.5. The highest BCUT2D eigenvalue weighted by molar-refractivity contribution is 5.33. The number of phenolic OH excluding ortho intramolecular Hbond substituents is 1. The van der Waals surface area contributed by atoms with Gasteiger partial charge in [0.15, 0.2) is 17.4 Å². The zero-order valence-corrected chi connectivity index (χ0v) is 9.98. The topological polar surface area (TPSA) is 71.2 Å². The van der Waals surface area contributed by atoms with E-state index in [1.807, 2.05) is 0 Å². The Hall–Kier alpha value is -1.95. The smallest absolute Gasteiger partial charge is 0.223 e. The first-order valence-electron chi connectivity index (χ1n) is 5.63. The van der Waals surface area contributed by atoms with Crippen molar-refractivity contribution in [2.75, 3.05) is 6.54 Å². The highest BCUT2D eigenvalue weighted by atomic mass is 19.1. The third-order valence-electron chi connectivity index (χ3n) is 2.48. The summed E-state index contributed by atoms with van der Waals surface area (Å²) in [7, 11) is 0. The molecule has 0 aliphatic carbocycles. The van der Waals surface area contributed by atoms with Crippen LogP contribution >= 0.6 is 0 Å². The van der Waals surface area contributed by atoms with Crippen molar-refractivity contribution in [1.29, 1.82) is 0 Å². The fraction of sp³-hybridized carbons (Fsp3) is 0.333. The standard InChI is InChI=1S/C12H14FN3O2/c1-8-15-11(16-18-8)5-6-14-7-9-3-2-4-10(13)12(9)17/h2-4,14,17H,5-7H2,1H3. The summed E-state index contributed by atoms with van der Waals surface area (Å²) in [5, 5.41) is 16.3. The molecule has 96 valence electrons. The summed E-state index contributed by atoms with van der Waals surface area (Å²) in [5.74, 6) is 0.250. The van der Waals surface area contributed by atoms with E-state index in [1.54, 1.807) is 19.1 Å². The lowest BCUT2D eigenvalue weighted by Gasteiger charge is -2.06. The minimum atomic E-state index is -0.608. The second kappa shape index (κ2) is 5.59. The molecule has 0 aliphatic heterocycles. The van der Waals surface area contributed by atoms with Crippen molar-refractivity contribution >= 4 is 0 Å². The van der Waals surface area contributed by atoms with Crippen molar-refractivity contribution in [3.05, 3.63) is 41.3 Å². The molecule has 2 rings (SSSR count). The number of para-hydroxylation sites is 1. The van der Waals surface area contributed by atoms with Crippen LogP contribution < -0.4 is 5.32 Å². The number of aryl methyl sites for hydroxylation is 1. The van der Waals surface area contributed by atoms with Gasteiger partial charge >= 0.3 is 0 Å². The van der Waals surface area contributed by atoms with E-state index in [-0.39, 0.29) is 5.75 Å². The third kappa shape index (κ3) is 3.04. The molecule has 0 saturated heterocycles. The Morgan fingerprint density at radius 3 is 3.00 bits per heavy atom. The normalized spacial score (nSPS) is 10.8. The summed E-state index contributed by atoms with van der Waals surface area (Å²) in [4.78, 5) is 4.06. The fourth-order valence-corrected chi connectivity index (χ4v) is 1.57. The van der Waals surface area contributed by atoms with Gasteiger partial charge in [-0.1, -0.05) is 17.3 Å². The molecule has 0 saturated carbocycles. The number of benzene rings is 1. The summed E-state index contributed by atoms with van der Waals surface area (Å²) in [6, 6.07) is 4.46. The molecule has 0 unspecified atom stereocenters. The first-order chi connectivity index (χ1) is 8.66. The molecule has 0 spiro atoms. The third-order valence-corrected chi connectivity index (χ3v) is 2.48. The van der Waals surface area contributed by atoms with Crippen LogP contribution in [0, 0.1) is 12.7 Å². The number of hydrogen-bond acceptors (Lipinski definition) is 5. The minimum Gasteiger partial charge on any atom is -0.505 e. The SMILES string of the molecule is Cc1nc(CCNCc2cccc(F)c2O)no1. The molecule has 6 heteroatoms. The van der Waals surface area contributed by atoms with Gasteiger partial charge in [0.2, 0.25) is 5.89 Å². The summed E-state index contributed by atoms with van der Waals surface area (Å²) in [5.41, 5.74) is 0.527. The van der Waals surface area contributed by atoms with Gasteiger partial charge in [-0.2, -0.15) is 4.98 Å². The van der Waals surface area contributed by atoms with Crippen LogP contribution in [0.1, 0.15) is 17.3 Å². The highest BCUT2D eigenvalue weighted by Gasteiger charge is 2.06. The molecular formula is C12H14FN3O2. The maximum Gasteiger partial charge on any atom is 0.223 e. The summed E-state index contributed by atoms with van der Waals surface area (Å²) < 4.78 is 17.9. The van der Waals surface area contributed by atoms with Crippen molar-refractivity contribution < 1.29 is 14.0 Å². The number of halogens is 1. The van der Waals surface area contributed by atoms with Crippen molar-refractivity contribution in [3.63, 3.8) is 0 Å². The second-order valence-corrected chi connectivity index (χ2v) is 3.90. The fourth-order valence-electron chi connectivity index (χ4n) is 1.57. The number of phenols is 1. The molecule has 1 aromatic carbocycles. The molecule has 0 atom stereocenters. The zero-order chi connectivity index (χ0) is 13.0. The Morgan fingerprint density at radius 1 is 1.44 bits per heavy atom. The average molecular weight is 251 g/mol. The second-order valence-electron chi connectivity index (χ2n) is 3.90. The van der Waals surface area contributed by atoms with Crippen molar-refractivity contribution in [2.24, 2.45) is 0 Å². The maximum absolute atomic E-state index is 13.0. The Balaban J connectivity index is 1.80. The van der Waals surface area contributed by atoms with Gasteiger partial charge < -0.3 is 14.9 Å². The molecule has 0 amide bonds. The van der Waals surface area contributed by atoms with Crippen LogP contribution in [0.4, 0.5) is 4.39 Å². The highest BCUT2D eigenvalue weighted by Crippen LogP contribution is 2.20. The zero-order valence-electron chi connectivity index (χ0n) is 9.98. The molecule has 2 N–H and O–H groups in total. The number of nitrogens with zero attached hydrogens (tertiary/aromatic N) is 2. The summed E-state index contributed by atoms with van der Waals surface area (Å²) in [6.45, 7) is 2.74. The largest absolute Gasteiger partial charge is 0.505 e. The van der Waals surface area contributed by atoms with Gasteiger partial charge in [-0.05, 0) is 6.07 Å². The summed E-state index contributed by atoms with van der Waals surface area (Å²) >= 11 is 0. The van der Waals surface area contributed by atoms with E-state index in [4.69, 9.17) is 4.52 Å². The predicted octanol–water partition coefficient (Wildman–Crippen LogP) is 1.56. The molecule has 0 bridgehead atoms. The average Bonchev–Trinajstić information content (AvgIpc) is 2.76. The molecule has 5 nitrogen and oxygen atoms in total. The summed E-state index contributed by atoms with van der Waals surface area (Å²) in [6.07, 6.45) is 0.618. The van der Waals surface area contributed by atoms with Crippen LogP contribution in [0.3, 0.4) is 0 Å². The van der Waals surface area contributed by atoms with Gasteiger partial charge in [0.25, 0.3) is 0 Å². The van der Waals surface area contributed by atoms with E-state index >= 15 is 0 Å². The Bertz CT molecular complexity index is 528. The molecule has 1 aromatic heterocycles.